The molecule has 1 aliphatic rings. The molecule has 7 nitrogen and oxygen atoms in total. The van der Waals surface area contributed by atoms with Crippen LogP contribution in [0.1, 0.15) is 23.5 Å². The molecular formula is C26H20O7. The van der Waals surface area contributed by atoms with E-state index in [9.17, 15) is 14.7 Å². The Hall–Kier alpha value is -4.26. The largest absolute Gasteiger partial charge is 0.507 e. The molecule has 33 heavy (non-hydrogen) atoms. The van der Waals surface area contributed by atoms with Gasteiger partial charge in [-0.2, -0.15) is 0 Å². The van der Waals surface area contributed by atoms with Crippen molar-refractivity contribution in [3.63, 3.8) is 0 Å². The molecule has 0 amide bonds. The zero-order valence-electron chi connectivity index (χ0n) is 18.0. The summed E-state index contributed by atoms with van der Waals surface area (Å²) in [5.41, 5.74) is 1.78. The second kappa shape index (κ2) is 8.02. The fraction of sp³-hybridized carbons (Fsp3) is 0.154. The van der Waals surface area contributed by atoms with Gasteiger partial charge in [-0.3, -0.25) is 9.59 Å². The number of ether oxygens (including phenoxy) is 3. The number of phenols is 1. The molecule has 0 unspecified atom stereocenters. The highest BCUT2D eigenvalue weighted by molar-refractivity contribution is 5.93. The van der Waals surface area contributed by atoms with Gasteiger partial charge in [-0.25, -0.2) is 0 Å². The van der Waals surface area contributed by atoms with Crippen LogP contribution < -0.4 is 19.6 Å². The third-order valence-electron chi connectivity index (χ3n) is 5.79. The van der Waals surface area contributed by atoms with Gasteiger partial charge in [-0.15, -0.1) is 0 Å². The van der Waals surface area contributed by atoms with E-state index in [0.717, 1.165) is 5.56 Å². The number of esters is 1. The molecule has 0 radical (unpaired) electrons. The van der Waals surface area contributed by atoms with Gasteiger partial charge in [0.15, 0.2) is 16.9 Å². The first kappa shape index (κ1) is 20.6. The minimum atomic E-state index is -0.488. The third-order valence-corrected chi connectivity index (χ3v) is 5.79. The normalized spacial score (nSPS) is 15.1. The zero-order valence-corrected chi connectivity index (χ0v) is 18.0. The number of carbonyl (C=O) groups is 1. The molecule has 166 valence electrons. The van der Waals surface area contributed by atoms with Crippen LogP contribution in [0, 0.1) is 0 Å². The van der Waals surface area contributed by atoms with Gasteiger partial charge in [0.1, 0.15) is 28.2 Å². The first-order valence-corrected chi connectivity index (χ1v) is 10.3. The van der Waals surface area contributed by atoms with Crippen LogP contribution in [0.5, 0.6) is 23.0 Å². The number of rotatable bonds is 4. The summed E-state index contributed by atoms with van der Waals surface area (Å²) in [6.45, 7) is 0. The lowest BCUT2D eigenvalue weighted by Gasteiger charge is -2.26. The van der Waals surface area contributed by atoms with Gasteiger partial charge in [0.2, 0.25) is 0 Å². The highest BCUT2D eigenvalue weighted by Crippen LogP contribution is 2.47. The number of carbonyl (C=O) groups excluding carboxylic acids is 1. The summed E-state index contributed by atoms with van der Waals surface area (Å²) in [6.07, 6.45) is 0.0294. The molecule has 1 N–H and O–H groups in total. The second-order valence-corrected chi connectivity index (χ2v) is 7.70. The van der Waals surface area contributed by atoms with Crippen molar-refractivity contribution in [3.8, 4) is 34.3 Å². The van der Waals surface area contributed by atoms with Crippen molar-refractivity contribution < 1.29 is 28.5 Å². The minimum Gasteiger partial charge on any atom is -0.507 e. The van der Waals surface area contributed by atoms with Crippen molar-refractivity contribution in [3.05, 3.63) is 82.0 Å². The number of hydrogen-bond acceptors (Lipinski definition) is 7. The fourth-order valence-corrected chi connectivity index (χ4v) is 4.26. The predicted octanol–water partition coefficient (Wildman–Crippen LogP) is 4.62. The molecule has 0 saturated heterocycles. The highest BCUT2D eigenvalue weighted by Gasteiger charge is 2.34. The van der Waals surface area contributed by atoms with Crippen LogP contribution >= 0.6 is 0 Å². The Morgan fingerprint density at radius 2 is 1.70 bits per heavy atom. The molecule has 4 aromatic rings. The lowest BCUT2D eigenvalue weighted by atomic mass is 9.85. The van der Waals surface area contributed by atoms with E-state index in [0.29, 0.717) is 28.4 Å². The summed E-state index contributed by atoms with van der Waals surface area (Å²) in [4.78, 5) is 25.4. The Kier molecular flexibility index (Phi) is 5.01. The molecule has 7 heteroatoms. The molecule has 1 atom stereocenters. The van der Waals surface area contributed by atoms with Gasteiger partial charge in [0, 0.05) is 29.2 Å². The highest BCUT2D eigenvalue weighted by atomic mass is 16.5. The average molecular weight is 444 g/mol. The van der Waals surface area contributed by atoms with Gasteiger partial charge in [0.25, 0.3) is 0 Å². The van der Waals surface area contributed by atoms with Gasteiger partial charge in [-0.05, 0) is 17.7 Å². The van der Waals surface area contributed by atoms with E-state index in [1.54, 1.807) is 19.2 Å². The molecule has 0 bridgehead atoms. The van der Waals surface area contributed by atoms with Gasteiger partial charge < -0.3 is 23.7 Å². The van der Waals surface area contributed by atoms with E-state index >= 15 is 0 Å². The van der Waals surface area contributed by atoms with Crippen LogP contribution in [0.3, 0.4) is 0 Å². The van der Waals surface area contributed by atoms with Crippen LogP contribution in [-0.2, 0) is 4.79 Å². The molecule has 0 spiro atoms. The summed E-state index contributed by atoms with van der Waals surface area (Å²) in [5, 5.41) is 10.6. The van der Waals surface area contributed by atoms with Gasteiger partial charge in [-0.1, -0.05) is 36.4 Å². The molecule has 0 saturated carbocycles. The third kappa shape index (κ3) is 3.47. The molecule has 1 aromatic heterocycles. The molecule has 2 heterocycles. The Morgan fingerprint density at radius 3 is 2.42 bits per heavy atom. The average Bonchev–Trinajstić information content (AvgIpc) is 2.83. The first-order valence-electron chi connectivity index (χ1n) is 10.3. The smallest absolute Gasteiger partial charge is 0.312 e. The number of aromatic hydroxyl groups is 1. The molecule has 3 aromatic carbocycles. The van der Waals surface area contributed by atoms with E-state index < -0.39 is 17.3 Å². The van der Waals surface area contributed by atoms with Crippen molar-refractivity contribution >= 4 is 16.9 Å². The lowest BCUT2D eigenvalue weighted by molar-refractivity contribution is -0.135. The SMILES string of the molecule is COc1ccc([C@H]2CC(=O)Oc3cc(O)c4c(=O)cc(-c5ccccc5)oc4c32)cc1OC. The maximum Gasteiger partial charge on any atom is 0.312 e. The van der Waals surface area contributed by atoms with Crippen LogP contribution in [-0.4, -0.2) is 25.3 Å². The van der Waals surface area contributed by atoms with Crippen LogP contribution in [0.15, 0.2) is 69.9 Å². The second-order valence-electron chi connectivity index (χ2n) is 7.70. The number of methoxy groups -OCH3 is 2. The van der Waals surface area contributed by atoms with Crippen molar-refractivity contribution in [2.24, 2.45) is 0 Å². The monoisotopic (exact) mass is 444 g/mol. The van der Waals surface area contributed by atoms with E-state index in [1.165, 1.54) is 19.2 Å². The Morgan fingerprint density at radius 1 is 0.939 bits per heavy atom. The molecule has 0 aliphatic carbocycles. The van der Waals surface area contributed by atoms with E-state index in [1.807, 2.05) is 36.4 Å². The van der Waals surface area contributed by atoms with E-state index in [2.05, 4.69) is 0 Å². The van der Waals surface area contributed by atoms with Crippen molar-refractivity contribution in [2.45, 2.75) is 12.3 Å². The number of benzene rings is 3. The molecule has 5 rings (SSSR count). The zero-order chi connectivity index (χ0) is 23.1. The Bertz CT molecular complexity index is 1440. The van der Waals surface area contributed by atoms with Gasteiger partial charge >= 0.3 is 5.97 Å². The van der Waals surface area contributed by atoms with E-state index in [4.69, 9.17) is 18.6 Å². The first-order chi connectivity index (χ1) is 16.0. The summed E-state index contributed by atoms with van der Waals surface area (Å²) < 4.78 is 22.4. The van der Waals surface area contributed by atoms with Gasteiger partial charge in [0.05, 0.1) is 20.6 Å². The maximum absolute atomic E-state index is 13.0. The number of phenolic OH excluding ortho intramolecular Hbond substituents is 1. The van der Waals surface area contributed by atoms with Crippen LogP contribution in [0.2, 0.25) is 0 Å². The van der Waals surface area contributed by atoms with Crippen molar-refractivity contribution in [1.82, 2.24) is 0 Å². The summed E-state index contributed by atoms with van der Waals surface area (Å²) in [5.74, 6) is 0.311. The van der Waals surface area contributed by atoms with E-state index in [-0.39, 0.29) is 28.9 Å². The summed E-state index contributed by atoms with van der Waals surface area (Å²) >= 11 is 0. The molecule has 1 aliphatic heterocycles. The molecular weight excluding hydrogens is 424 g/mol. The van der Waals surface area contributed by atoms with Crippen LogP contribution in [0.25, 0.3) is 22.3 Å². The summed E-state index contributed by atoms with van der Waals surface area (Å²) in [7, 11) is 3.07. The lowest BCUT2D eigenvalue weighted by Crippen LogP contribution is -2.22. The predicted molar refractivity (Wildman–Crippen MR) is 121 cm³/mol. The van der Waals surface area contributed by atoms with Crippen LogP contribution in [0.4, 0.5) is 0 Å². The summed E-state index contributed by atoms with van der Waals surface area (Å²) in [6, 6.07) is 17.2. The minimum absolute atomic E-state index is 0.0294. The number of fused-ring (bicyclic) bond motifs is 3. The Labute approximate surface area is 188 Å². The standard InChI is InChI=1S/C26H20O7/c1-30-19-9-8-15(10-21(19)31-2)16-11-23(29)32-22-13-18(28)25-17(27)12-20(33-26(25)24(16)22)14-6-4-3-5-7-14/h3-10,12-13,16,28H,11H2,1-2H3/t16-/m1/s1. The topological polar surface area (TPSA) is 95.2 Å². The molecule has 0 fully saturated rings. The Balaban J connectivity index is 1.80. The van der Waals surface area contributed by atoms with Crippen molar-refractivity contribution in [1.29, 1.82) is 0 Å². The van der Waals surface area contributed by atoms with Crippen molar-refractivity contribution in [2.75, 3.05) is 14.2 Å². The number of hydrogen-bond donors (Lipinski definition) is 1. The quantitative estimate of drug-likeness (QED) is 0.362. The maximum atomic E-state index is 13.0. The fourth-order valence-electron chi connectivity index (χ4n) is 4.26.